The molecule has 0 spiro atoms. The van der Waals surface area contributed by atoms with Crippen molar-refractivity contribution in [2.24, 2.45) is 4.99 Å². The van der Waals surface area contributed by atoms with Gasteiger partial charge in [-0.1, -0.05) is 0 Å². The van der Waals surface area contributed by atoms with Crippen LogP contribution in [0.4, 0.5) is 22.0 Å². The summed E-state index contributed by atoms with van der Waals surface area (Å²) in [4.78, 5) is 2.80. The first-order chi connectivity index (χ1) is 5.21. The summed E-state index contributed by atoms with van der Waals surface area (Å²) in [6.45, 7) is -0.782. The van der Waals surface area contributed by atoms with E-state index in [0.29, 0.717) is 13.1 Å². The van der Waals surface area contributed by atoms with Crippen LogP contribution in [0.5, 0.6) is 0 Å². The predicted molar refractivity (Wildman–Crippen MR) is 34.7 cm³/mol. The fraction of sp³-hybridized carbons (Fsp3) is 0.833. The predicted octanol–water partition coefficient (Wildman–Crippen LogP) is 2.66. The lowest BCUT2D eigenvalue weighted by Crippen LogP contribution is -2.14. The zero-order chi connectivity index (χ0) is 9.83. The highest BCUT2D eigenvalue weighted by atomic mass is 19.4. The molecular weight excluding hydrogens is 181 g/mol. The Morgan fingerprint density at radius 2 is 1.67 bits per heavy atom. The first-order valence-electron chi connectivity index (χ1n) is 3.13. The first kappa shape index (κ1) is 11.3. The number of aliphatic imine (C=N–C) groups is 1. The van der Waals surface area contributed by atoms with Crippen LogP contribution in [0.25, 0.3) is 0 Å². The van der Waals surface area contributed by atoms with E-state index in [2.05, 4.69) is 4.99 Å². The van der Waals surface area contributed by atoms with Crippen LogP contribution in [-0.2, 0) is 0 Å². The van der Waals surface area contributed by atoms with Gasteiger partial charge in [0.2, 0.25) is 5.92 Å². The van der Waals surface area contributed by atoms with Gasteiger partial charge in [0.05, 0.1) is 0 Å². The van der Waals surface area contributed by atoms with Gasteiger partial charge in [-0.3, -0.25) is 4.99 Å². The van der Waals surface area contributed by atoms with Gasteiger partial charge in [0.1, 0.15) is 6.54 Å². The van der Waals surface area contributed by atoms with Gasteiger partial charge in [-0.2, -0.15) is 13.2 Å². The normalized spacial score (nSPS) is 14.2. The molecule has 0 aliphatic heterocycles. The highest BCUT2D eigenvalue weighted by molar-refractivity contribution is 5.58. The van der Waals surface area contributed by atoms with E-state index in [1.165, 1.54) is 0 Å². The maximum Gasteiger partial charge on any atom is 0.407 e. The van der Waals surface area contributed by atoms with E-state index >= 15 is 0 Å². The highest BCUT2D eigenvalue weighted by Gasteiger charge is 2.26. The molecule has 0 N–H and O–H groups in total. The lowest BCUT2D eigenvalue weighted by molar-refractivity contribution is -0.118. The van der Waals surface area contributed by atoms with E-state index in [1.807, 2.05) is 0 Å². The van der Waals surface area contributed by atoms with Gasteiger partial charge < -0.3 is 0 Å². The fourth-order valence-corrected chi connectivity index (χ4v) is 0.393. The standard InChI is InChI=1S/C6H8F5N/c1-5(7,8)2-3-12-4-6(9,10)11/h3H,2,4H2,1H3. The number of halogens is 5. The molecule has 0 aromatic heterocycles. The molecule has 0 fully saturated rings. The smallest absolute Gasteiger partial charge is 0.288 e. The van der Waals surface area contributed by atoms with Gasteiger partial charge in [-0.15, -0.1) is 0 Å². The van der Waals surface area contributed by atoms with Crippen molar-refractivity contribution in [2.75, 3.05) is 6.54 Å². The van der Waals surface area contributed by atoms with Crippen LogP contribution in [0.3, 0.4) is 0 Å². The van der Waals surface area contributed by atoms with Crippen LogP contribution in [0, 0.1) is 0 Å². The minimum Gasteiger partial charge on any atom is -0.288 e. The molecule has 0 aromatic rings. The fourth-order valence-electron chi connectivity index (χ4n) is 0.393. The number of hydrogen-bond acceptors (Lipinski definition) is 1. The van der Waals surface area contributed by atoms with E-state index in [-0.39, 0.29) is 0 Å². The molecule has 0 amide bonds. The number of rotatable bonds is 3. The molecule has 0 heterocycles. The molecule has 6 heteroatoms. The van der Waals surface area contributed by atoms with Crippen molar-refractivity contribution in [2.45, 2.75) is 25.4 Å². The van der Waals surface area contributed by atoms with Crippen molar-refractivity contribution in [3.63, 3.8) is 0 Å². The van der Waals surface area contributed by atoms with E-state index < -0.39 is 25.1 Å². The molecule has 0 saturated heterocycles. The zero-order valence-electron chi connectivity index (χ0n) is 6.33. The van der Waals surface area contributed by atoms with E-state index in [0.717, 1.165) is 0 Å². The third kappa shape index (κ3) is 9.32. The van der Waals surface area contributed by atoms with Crippen molar-refractivity contribution in [1.82, 2.24) is 0 Å². The van der Waals surface area contributed by atoms with Crippen LogP contribution in [-0.4, -0.2) is 24.9 Å². The Labute approximate surface area is 66.3 Å². The maximum atomic E-state index is 12.0. The summed E-state index contributed by atoms with van der Waals surface area (Å²) in [5.74, 6) is -2.99. The van der Waals surface area contributed by atoms with Crippen molar-refractivity contribution in [3.8, 4) is 0 Å². The van der Waals surface area contributed by atoms with Crippen LogP contribution in [0.15, 0.2) is 4.99 Å². The molecule has 0 rings (SSSR count). The maximum absolute atomic E-state index is 12.0. The number of hydrogen-bond donors (Lipinski definition) is 0. The topological polar surface area (TPSA) is 12.4 Å². The quantitative estimate of drug-likeness (QED) is 0.478. The molecule has 0 unspecified atom stereocenters. The van der Waals surface area contributed by atoms with Crippen LogP contribution < -0.4 is 0 Å². The summed E-state index contributed by atoms with van der Waals surface area (Å²) in [7, 11) is 0. The monoisotopic (exact) mass is 189 g/mol. The Bertz CT molecular complexity index is 136. The molecule has 0 radical (unpaired) electrons. The average Bonchev–Trinajstić information content (AvgIpc) is 1.76. The minimum atomic E-state index is -4.42. The van der Waals surface area contributed by atoms with Crippen molar-refractivity contribution in [3.05, 3.63) is 0 Å². The lowest BCUT2D eigenvalue weighted by atomic mass is 10.3. The minimum absolute atomic E-state index is 0.591. The van der Waals surface area contributed by atoms with Crippen molar-refractivity contribution < 1.29 is 22.0 Å². The van der Waals surface area contributed by atoms with Gasteiger partial charge in [-0.05, 0) is 6.92 Å². The lowest BCUT2D eigenvalue weighted by Gasteiger charge is -2.05. The van der Waals surface area contributed by atoms with Crippen LogP contribution in [0.2, 0.25) is 0 Å². The highest BCUT2D eigenvalue weighted by Crippen LogP contribution is 2.16. The zero-order valence-corrected chi connectivity index (χ0v) is 6.33. The van der Waals surface area contributed by atoms with E-state index in [1.54, 1.807) is 0 Å². The third-order valence-electron chi connectivity index (χ3n) is 0.849. The Balaban J connectivity index is 3.66. The summed E-state index contributed by atoms with van der Waals surface area (Å²) < 4.78 is 58.1. The van der Waals surface area contributed by atoms with Gasteiger partial charge in [-0.25, -0.2) is 8.78 Å². The first-order valence-corrected chi connectivity index (χ1v) is 3.13. The molecule has 72 valence electrons. The van der Waals surface area contributed by atoms with Crippen LogP contribution in [0.1, 0.15) is 13.3 Å². The second-order valence-corrected chi connectivity index (χ2v) is 2.41. The Morgan fingerprint density at radius 3 is 2.00 bits per heavy atom. The Kier molecular flexibility index (Phi) is 3.60. The summed E-state index contributed by atoms with van der Waals surface area (Å²) >= 11 is 0. The molecule has 0 bridgehead atoms. The molecule has 0 atom stereocenters. The van der Waals surface area contributed by atoms with Crippen molar-refractivity contribution in [1.29, 1.82) is 0 Å². The molecule has 0 aliphatic rings. The number of alkyl halides is 5. The SMILES string of the molecule is CC(F)(F)CC=NCC(F)(F)F. The summed E-state index contributed by atoms with van der Waals surface area (Å²) in [5.41, 5.74) is 0. The second kappa shape index (κ2) is 3.82. The van der Waals surface area contributed by atoms with Crippen molar-refractivity contribution >= 4 is 6.21 Å². The largest absolute Gasteiger partial charge is 0.407 e. The summed E-state index contributed by atoms with van der Waals surface area (Å²) in [6.07, 6.45) is -4.59. The van der Waals surface area contributed by atoms with Gasteiger partial charge in [0.25, 0.3) is 0 Å². The molecule has 0 aliphatic carbocycles. The van der Waals surface area contributed by atoms with Gasteiger partial charge >= 0.3 is 6.18 Å². The molecule has 12 heavy (non-hydrogen) atoms. The molecule has 1 nitrogen and oxygen atoms in total. The van der Waals surface area contributed by atoms with Gasteiger partial charge in [0, 0.05) is 12.6 Å². The Hall–Kier alpha value is -0.680. The number of nitrogens with zero attached hydrogens (tertiary/aromatic N) is 1. The average molecular weight is 189 g/mol. The third-order valence-corrected chi connectivity index (χ3v) is 0.849. The molecule has 0 saturated carbocycles. The second-order valence-electron chi connectivity index (χ2n) is 2.41. The van der Waals surface area contributed by atoms with Crippen LogP contribution >= 0.6 is 0 Å². The summed E-state index contributed by atoms with van der Waals surface area (Å²) in [5, 5.41) is 0. The summed E-state index contributed by atoms with van der Waals surface area (Å²) in [6, 6.07) is 0. The molecular formula is C6H8F5N. The Morgan fingerprint density at radius 1 is 1.17 bits per heavy atom. The van der Waals surface area contributed by atoms with E-state index in [9.17, 15) is 22.0 Å². The molecule has 0 aromatic carbocycles. The van der Waals surface area contributed by atoms with E-state index in [4.69, 9.17) is 0 Å². The van der Waals surface area contributed by atoms with Gasteiger partial charge in [0.15, 0.2) is 0 Å².